The second kappa shape index (κ2) is 10.5. The van der Waals surface area contributed by atoms with Crippen LogP contribution in [0.25, 0.3) is 0 Å². The largest absolute Gasteiger partial charge is 0.494 e. The molecule has 5 nitrogen and oxygen atoms in total. The molecule has 0 radical (unpaired) electrons. The zero-order valence-electron chi connectivity index (χ0n) is 16.5. The van der Waals surface area contributed by atoms with E-state index in [-0.39, 0.29) is 6.54 Å². The standard InChI is InChI=1S/C21H34N2O3/c1-4-23(16-21(24)25)19-9-12-22(13-10-19)15-18-5-7-20(8-6-18)26-14-11-17(2)3/h5-8,17,19H,4,9-16H2,1-3H3,(H,24,25). The molecule has 2 rings (SSSR count). The van der Waals surface area contributed by atoms with Crippen molar-refractivity contribution in [3.05, 3.63) is 29.8 Å². The van der Waals surface area contributed by atoms with Crippen LogP contribution < -0.4 is 4.74 Å². The number of hydrogen-bond acceptors (Lipinski definition) is 4. The van der Waals surface area contributed by atoms with Crippen molar-refractivity contribution in [2.45, 2.75) is 52.6 Å². The molecule has 1 saturated heterocycles. The van der Waals surface area contributed by atoms with Crippen LogP contribution in [0.2, 0.25) is 0 Å². The molecule has 0 spiro atoms. The lowest BCUT2D eigenvalue weighted by molar-refractivity contribution is -0.139. The second-order valence-electron chi connectivity index (χ2n) is 7.64. The van der Waals surface area contributed by atoms with Crippen molar-refractivity contribution in [2.75, 3.05) is 32.8 Å². The van der Waals surface area contributed by atoms with Crippen molar-refractivity contribution >= 4 is 5.97 Å². The normalized spacial score (nSPS) is 16.3. The molecule has 0 unspecified atom stereocenters. The Labute approximate surface area is 157 Å². The molecular weight excluding hydrogens is 328 g/mol. The maximum Gasteiger partial charge on any atom is 0.317 e. The van der Waals surface area contributed by atoms with E-state index in [0.717, 1.165) is 57.8 Å². The summed E-state index contributed by atoms with van der Waals surface area (Å²) in [6.07, 6.45) is 3.16. The van der Waals surface area contributed by atoms with E-state index in [2.05, 4.69) is 47.9 Å². The number of rotatable bonds is 10. The third kappa shape index (κ3) is 6.96. The van der Waals surface area contributed by atoms with E-state index < -0.39 is 5.97 Å². The Morgan fingerprint density at radius 2 is 1.92 bits per heavy atom. The summed E-state index contributed by atoms with van der Waals surface area (Å²) in [5.41, 5.74) is 1.30. The van der Waals surface area contributed by atoms with Crippen LogP contribution >= 0.6 is 0 Å². The number of hydrogen-bond donors (Lipinski definition) is 1. The number of carboxylic acid groups (broad SMARTS) is 1. The van der Waals surface area contributed by atoms with Gasteiger partial charge >= 0.3 is 5.97 Å². The highest BCUT2D eigenvalue weighted by atomic mass is 16.5. The van der Waals surface area contributed by atoms with Gasteiger partial charge in [0.25, 0.3) is 0 Å². The van der Waals surface area contributed by atoms with Gasteiger partial charge in [0.1, 0.15) is 5.75 Å². The highest BCUT2D eigenvalue weighted by Crippen LogP contribution is 2.20. The Bertz CT molecular complexity index is 537. The van der Waals surface area contributed by atoms with Crippen LogP contribution in [0.1, 0.15) is 45.6 Å². The molecule has 0 atom stereocenters. The Hall–Kier alpha value is -1.59. The monoisotopic (exact) mass is 362 g/mol. The summed E-state index contributed by atoms with van der Waals surface area (Å²) < 4.78 is 5.78. The summed E-state index contributed by atoms with van der Waals surface area (Å²) in [4.78, 5) is 15.5. The number of carbonyl (C=O) groups is 1. The molecule has 1 fully saturated rings. The van der Waals surface area contributed by atoms with Gasteiger partial charge in [0.15, 0.2) is 0 Å². The fourth-order valence-electron chi connectivity index (χ4n) is 3.48. The summed E-state index contributed by atoms with van der Waals surface area (Å²) in [6.45, 7) is 11.2. The van der Waals surface area contributed by atoms with Crippen LogP contribution in [0.3, 0.4) is 0 Å². The minimum atomic E-state index is -0.731. The van der Waals surface area contributed by atoms with Crippen LogP contribution in [0, 0.1) is 5.92 Å². The first-order valence-corrected chi connectivity index (χ1v) is 9.87. The summed E-state index contributed by atoms with van der Waals surface area (Å²) in [7, 11) is 0. The molecule has 26 heavy (non-hydrogen) atoms. The fourth-order valence-corrected chi connectivity index (χ4v) is 3.48. The predicted molar refractivity (Wildman–Crippen MR) is 105 cm³/mol. The van der Waals surface area contributed by atoms with Gasteiger partial charge in [0, 0.05) is 12.6 Å². The number of ether oxygens (including phenoxy) is 1. The molecule has 0 amide bonds. The molecule has 1 heterocycles. The van der Waals surface area contributed by atoms with Crippen molar-refractivity contribution in [3.8, 4) is 5.75 Å². The van der Waals surface area contributed by atoms with E-state index in [9.17, 15) is 4.79 Å². The first-order valence-electron chi connectivity index (χ1n) is 9.87. The zero-order chi connectivity index (χ0) is 18.9. The lowest BCUT2D eigenvalue weighted by Gasteiger charge is -2.37. The first kappa shape index (κ1) is 20.7. The second-order valence-corrected chi connectivity index (χ2v) is 7.64. The van der Waals surface area contributed by atoms with E-state index in [1.165, 1.54) is 5.56 Å². The van der Waals surface area contributed by atoms with Gasteiger partial charge in [0.05, 0.1) is 13.2 Å². The fraction of sp³-hybridized carbons (Fsp3) is 0.667. The number of likely N-dealkylation sites (tertiary alicyclic amines) is 1. The van der Waals surface area contributed by atoms with Crippen LogP contribution in [0.4, 0.5) is 0 Å². The Morgan fingerprint density at radius 1 is 1.27 bits per heavy atom. The van der Waals surface area contributed by atoms with Gasteiger partial charge in [-0.05, 0) is 62.5 Å². The molecule has 0 bridgehead atoms. The number of piperidine rings is 1. The van der Waals surface area contributed by atoms with Crippen molar-refractivity contribution in [2.24, 2.45) is 5.92 Å². The summed E-state index contributed by atoms with van der Waals surface area (Å²) in [6, 6.07) is 8.82. The number of nitrogens with zero attached hydrogens (tertiary/aromatic N) is 2. The number of aliphatic carboxylic acids is 1. The molecule has 1 aliphatic rings. The third-order valence-electron chi connectivity index (χ3n) is 5.11. The smallest absolute Gasteiger partial charge is 0.317 e. The molecule has 1 aromatic rings. The van der Waals surface area contributed by atoms with Gasteiger partial charge < -0.3 is 9.84 Å². The highest BCUT2D eigenvalue weighted by molar-refractivity contribution is 5.69. The Balaban J connectivity index is 1.75. The predicted octanol–water partition coefficient (Wildman–Crippen LogP) is 3.48. The SMILES string of the molecule is CCN(CC(=O)O)C1CCN(Cc2ccc(OCCC(C)C)cc2)CC1. The molecule has 0 saturated carbocycles. The average molecular weight is 363 g/mol. The first-order chi connectivity index (χ1) is 12.5. The molecule has 5 heteroatoms. The summed E-state index contributed by atoms with van der Waals surface area (Å²) in [5, 5.41) is 9.03. The maximum atomic E-state index is 11.0. The van der Waals surface area contributed by atoms with Gasteiger partial charge in [-0.3, -0.25) is 14.6 Å². The van der Waals surface area contributed by atoms with Crippen LogP contribution in [-0.4, -0.2) is 59.7 Å². The quantitative estimate of drug-likeness (QED) is 0.690. The molecule has 1 N–H and O–H groups in total. The molecular formula is C21H34N2O3. The number of carboxylic acids is 1. The lowest BCUT2D eigenvalue weighted by Crippen LogP contribution is -2.46. The molecule has 146 valence electrons. The molecule has 1 aromatic carbocycles. The Morgan fingerprint density at radius 3 is 2.46 bits per heavy atom. The van der Waals surface area contributed by atoms with E-state index in [0.29, 0.717) is 12.0 Å². The van der Waals surface area contributed by atoms with E-state index in [1.807, 2.05) is 6.92 Å². The van der Waals surface area contributed by atoms with E-state index in [1.54, 1.807) is 0 Å². The highest BCUT2D eigenvalue weighted by Gasteiger charge is 2.24. The number of likely N-dealkylation sites (N-methyl/N-ethyl adjacent to an activating group) is 1. The van der Waals surface area contributed by atoms with Crippen LogP contribution in [-0.2, 0) is 11.3 Å². The minimum Gasteiger partial charge on any atom is -0.494 e. The van der Waals surface area contributed by atoms with Gasteiger partial charge in [-0.1, -0.05) is 32.9 Å². The maximum absolute atomic E-state index is 11.0. The lowest BCUT2D eigenvalue weighted by atomic mass is 10.0. The number of benzene rings is 1. The topological polar surface area (TPSA) is 53.0 Å². The van der Waals surface area contributed by atoms with Gasteiger partial charge in [0.2, 0.25) is 0 Å². The summed E-state index contributed by atoms with van der Waals surface area (Å²) >= 11 is 0. The van der Waals surface area contributed by atoms with Gasteiger partial charge in [-0.25, -0.2) is 0 Å². The van der Waals surface area contributed by atoms with E-state index in [4.69, 9.17) is 9.84 Å². The molecule has 0 aromatic heterocycles. The third-order valence-corrected chi connectivity index (χ3v) is 5.11. The van der Waals surface area contributed by atoms with Gasteiger partial charge in [-0.2, -0.15) is 0 Å². The van der Waals surface area contributed by atoms with Crippen molar-refractivity contribution in [1.82, 2.24) is 9.80 Å². The minimum absolute atomic E-state index is 0.152. The van der Waals surface area contributed by atoms with Crippen molar-refractivity contribution in [3.63, 3.8) is 0 Å². The molecule has 0 aliphatic carbocycles. The van der Waals surface area contributed by atoms with Crippen molar-refractivity contribution < 1.29 is 14.6 Å². The van der Waals surface area contributed by atoms with E-state index >= 15 is 0 Å². The van der Waals surface area contributed by atoms with Crippen LogP contribution in [0.5, 0.6) is 5.75 Å². The van der Waals surface area contributed by atoms with Crippen LogP contribution in [0.15, 0.2) is 24.3 Å². The van der Waals surface area contributed by atoms with Crippen molar-refractivity contribution in [1.29, 1.82) is 0 Å². The Kier molecular flexibility index (Phi) is 8.39. The van der Waals surface area contributed by atoms with Gasteiger partial charge in [-0.15, -0.1) is 0 Å². The molecule has 1 aliphatic heterocycles. The zero-order valence-corrected chi connectivity index (χ0v) is 16.5. The average Bonchev–Trinajstić information content (AvgIpc) is 2.61. The summed E-state index contributed by atoms with van der Waals surface area (Å²) in [5.74, 6) is 0.877.